The molecule has 22 nitrogen and oxygen atoms in total. The van der Waals surface area contributed by atoms with Crippen LogP contribution in [0.25, 0.3) is 10.4 Å². The maximum absolute atomic E-state index is 12.7. The van der Waals surface area contributed by atoms with E-state index in [0.29, 0.717) is 132 Å². The molecule has 826 valence electrons. The molecule has 145 heavy (non-hydrogen) atoms. The Balaban J connectivity index is 0.000000120. The van der Waals surface area contributed by atoms with Gasteiger partial charge in [0.1, 0.15) is 5.78 Å². The van der Waals surface area contributed by atoms with Crippen LogP contribution in [-0.2, 0) is 70.5 Å². The van der Waals surface area contributed by atoms with E-state index in [1.54, 1.807) is 14.2 Å². The van der Waals surface area contributed by atoms with Gasteiger partial charge in [-0.3, -0.25) is 4.79 Å². The van der Waals surface area contributed by atoms with Crippen LogP contribution in [0, 0.1) is 173 Å². The van der Waals surface area contributed by atoms with Crippen molar-refractivity contribution in [2.45, 2.75) is 475 Å². The van der Waals surface area contributed by atoms with Crippen LogP contribution >= 0.6 is 0 Å². The molecule has 2 saturated heterocycles. The monoisotopic (exact) mass is 2060 g/mol. The third-order valence-corrected chi connectivity index (χ3v) is 60.6. The molecule has 45 atom stereocenters. The van der Waals surface area contributed by atoms with Crippen LogP contribution in [-0.4, -0.2) is 229 Å². The lowest BCUT2D eigenvalue weighted by atomic mass is 9.43. The van der Waals surface area contributed by atoms with E-state index in [4.69, 9.17) is 71.2 Å². The molecule has 2 heterocycles. The standard InChI is InChI=1S/C29H52O5Si.C27H48O5Si.C22H35N3O2.C22H36O3.C21H34O4/c1-26(2,3)35(8,9)34-19-10-13-27(4)20-11-14-28(5)21(12-15-29(28)32-16-17-33-29)23(20)25(31-7)24(30-6)22(27)18-19;1-24(2,3)33(6,7)32-17-8-11-25(4)18-9-12-26(5)19(10-13-27(26)30-14-15-31-27)21(18)23(29)22(28)20(25)16-17;1-13-6-7-15-18-16(9-11-21(13,15)2)22(3)10-8-14(24-25-23)12-17(22)19(26-4)20(18)27-5;1-13-6-7-15-18-16(9-11-21(13,15)2)22(3)10-8-14(23)12-17(22)19(24-4)20(18)25-5;1-20-9-7-12(22)11-15(20)18(24-3)19(25-4)17-13-5-6-16(23)21(13,2)10-8-14(17)20/h19-25H,10-18H2,1-9H3;17-23,28-29H,8-16H2,1-7H3;14-20H,1,6-12H2,2-5H3;14-20,23H,1,6-12H2,2-5H3;12-15,17-19,22H,5-11H2,1-4H3/t19-,20?,21?,22?,23?,24+,25+,27+,28-;17-,18?,19?,20?,21?,22+,23+,25+,26-;14-,15?,16?,17?,18?,19-,20-,21-,22-;14-,15?,16?,17?,18?,19+,20+,21+,22+;12-,13?,14?,15?,17?,18+,19+,20+,21-/m00100/s1. The molecule has 22 aliphatic rings. The van der Waals surface area contributed by atoms with Gasteiger partial charge in [-0.25, -0.2) is 0 Å². The predicted molar refractivity (Wildman–Crippen MR) is 572 cm³/mol. The third-order valence-electron chi connectivity index (χ3n) is 51.5. The van der Waals surface area contributed by atoms with Crippen molar-refractivity contribution >= 4 is 22.4 Å². The molecule has 0 aromatic heterocycles. The second-order valence-corrected chi connectivity index (χ2v) is 67.7. The van der Waals surface area contributed by atoms with Crippen molar-refractivity contribution in [3.63, 3.8) is 0 Å². The van der Waals surface area contributed by atoms with E-state index in [0.717, 1.165) is 161 Å². The van der Waals surface area contributed by atoms with Crippen LogP contribution in [0.4, 0.5) is 0 Å². The van der Waals surface area contributed by atoms with E-state index >= 15 is 0 Å². The summed E-state index contributed by atoms with van der Waals surface area (Å²) in [6.07, 6.45) is 37.4. The van der Waals surface area contributed by atoms with Gasteiger partial charge in [0.15, 0.2) is 28.2 Å². The Morgan fingerprint density at radius 1 is 0.331 bits per heavy atom. The fourth-order valence-electron chi connectivity index (χ4n) is 41.2. The zero-order valence-corrected chi connectivity index (χ0v) is 98.0. The van der Waals surface area contributed by atoms with Gasteiger partial charge in [-0.05, 0) is 404 Å². The van der Waals surface area contributed by atoms with Crippen molar-refractivity contribution in [1.29, 1.82) is 0 Å². The molecule has 0 aromatic carbocycles. The van der Waals surface area contributed by atoms with Crippen LogP contribution in [0.5, 0.6) is 0 Å². The van der Waals surface area contributed by atoms with Crippen LogP contribution < -0.4 is 0 Å². The second-order valence-electron chi connectivity index (χ2n) is 58.1. The lowest BCUT2D eigenvalue weighted by Gasteiger charge is -2.65. The predicted octanol–water partition coefficient (Wildman–Crippen LogP) is 24.4. The average Bonchev–Trinajstić information content (AvgIpc) is 1.56. The molecule has 20 aliphatic carbocycles. The lowest BCUT2D eigenvalue weighted by molar-refractivity contribution is -0.274. The van der Waals surface area contributed by atoms with E-state index in [2.05, 4.69) is 160 Å². The van der Waals surface area contributed by atoms with Gasteiger partial charge in [-0.1, -0.05) is 140 Å². The number of carbonyl (C=O) groups is 1. The SMILES string of the molecule is C=C1CCC2C3C(CC[C@]12C)[C@@]1(C)CC[C@@H](N=[N+]=[N-])CC1[C@@H](OC)[C@@H]3OC.C=C1CCC2C3C(CC[C@]12C)[C@@]1(C)CC[C@H](O)CC1[C@@H](OC)[C@@H]3OC.CC(C)(C)[Si](C)(C)O[C@H]1CC[C@]2(C)C3CC[C@@]4(C)C(CCC45OCCO5)C3[C@@H](O)[C@H](O)C2C1.CO[C@@H]1C2C(CC[C@@]3(C)C2CCC32OCCO2)[C@@]2(C)CC[C@H](O[Si](C)(C)C(C)(C)C)CC2[C@H]1OC.CO[C@@H]1C2C(CC[C@]3(C)C(=O)CCC23)[C@@]2(C)CC[C@H](O)CC2[C@H]1OC. The normalized spacial score (nSPS) is 51.4. The van der Waals surface area contributed by atoms with Gasteiger partial charge in [-0.15, -0.1) is 0 Å². The molecule has 2 aliphatic heterocycles. The third kappa shape index (κ3) is 17.8. The summed E-state index contributed by atoms with van der Waals surface area (Å²) in [5.74, 6) is 9.13. The van der Waals surface area contributed by atoms with Crippen molar-refractivity contribution in [1.82, 2.24) is 0 Å². The summed E-state index contributed by atoms with van der Waals surface area (Å²) in [4.78, 5) is 15.7. The zero-order chi connectivity index (χ0) is 105. The molecule has 0 amide bonds. The Morgan fingerprint density at radius 3 is 1.00 bits per heavy atom. The number of hydrogen-bond acceptors (Lipinski definition) is 20. The first-order valence-electron chi connectivity index (χ1n) is 59.0. The summed E-state index contributed by atoms with van der Waals surface area (Å²) in [5, 5.41) is 48.3. The minimum atomic E-state index is -1.86. The minimum Gasteiger partial charge on any atom is -0.414 e. The first-order chi connectivity index (χ1) is 68.2. The second kappa shape index (κ2) is 40.9. The molecule has 20 unspecified atom stereocenters. The van der Waals surface area contributed by atoms with Gasteiger partial charge in [-0.2, -0.15) is 0 Å². The summed E-state index contributed by atoms with van der Waals surface area (Å²) in [6, 6.07) is 0.0971. The fraction of sp³-hybridized carbons (Fsp3) is 0.959. The largest absolute Gasteiger partial charge is 0.414 e. The number of ether oxygens (including phenoxy) is 12. The molecule has 24 heteroatoms. The van der Waals surface area contributed by atoms with E-state index < -0.39 is 34.6 Å². The molecular formula is C121H205N3O19Si2. The number of azide groups is 1. The molecule has 22 rings (SSSR count). The Bertz CT molecular complexity index is 4510. The van der Waals surface area contributed by atoms with Crippen molar-refractivity contribution < 1.29 is 90.9 Å². The van der Waals surface area contributed by atoms with Gasteiger partial charge in [0, 0.05) is 116 Å². The van der Waals surface area contributed by atoms with Crippen LogP contribution in [0.3, 0.4) is 0 Å². The quantitative estimate of drug-likeness (QED) is 0.0438. The van der Waals surface area contributed by atoms with Gasteiger partial charge in [0.05, 0.1) is 99.7 Å². The highest BCUT2D eigenvalue weighted by Crippen LogP contribution is 2.77. The molecule has 4 N–H and O–H groups in total. The van der Waals surface area contributed by atoms with Crippen LogP contribution in [0.1, 0.15) is 336 Å². The van der Waals surface area contributed by atoms with Crippen molar-refractivity contribution in [3.05, 3.63) is 34.7 Å². The molecule has 0 radical (unpaired) electrons. The highest BCUT2D eigenvalue weighted by Gasteiger charge is 2.76. The molecular weight excluding hydrogens is 1860 g/mol. The van der Waals surface area contributed by atoms with E-state index in [1.165, 1.54) is 88.2 Å². The maximum Gasteiger partial charge on any atom is 0.192 e. The smallest absolute Gasteiger partial charge is 0.192 e. The number of aliphatic hydroxyl groups excluding tert-OH is 4. The summed E-state index contributed by atoms with van der Waals surface area (Å²) < 4.78 is 88.5. The maximum atomic E-state index is 12.7. The Morgan fingerprint density at radius 2 is 0.628 bits per heavy atom. The summed E-state index contributed by atoms with van der Waals surface area (Å²) in [5.41, 5.74) is 13.3. The van der Waals surface area contributed by atoms with Crippen molar-refractivity contribution in [3.8, 4) is 0 Å². The van der Waals surface area contributed by atoms with Gasteiger partial charge < -0.3 is 86.1 Å². The molecule has 0 bridgehead atoms. The van der Waals surface area contributed by atoms with Crippen LogP contribution in [0.15, 0.2) is 29.4 Å². The number of rotatable bonds is 13. The van der Waals surface area contributed by atoms with Gasteiger partial charge >= 0.3 is 0 Å². The van der Waals surface area contributed by atoms with E-state index in [-0.39, 0.29) is 155 Å². The molecule has 22 fully saturated rings. The Hall–Kier alpha value is -1.83. The number of fused-ring (bicyclic) bond motifs is 27. The molecule has 0 aromatic rings. The van der Waals surface area contributed by atoms with E-state index in [9.17, 15) is 25.2 Å². The zero-order valence-electron chi connectivity index (χ0n) is 96.0. The number of carbonyl (C=O) groups excluding carboxylic acids is 1. The Kier molecular flexibility index (Phi) is 31.8. The summed E-state index contributed by atoms with van der Waals surface area (Å²) in [6.45, 7) is 59.4. The lowest BCUT2D eigenvalue weighted by Crippen LogP contribution is -2.66. The fourth-order valence-corrected chi connectivity index (χ4v) is 44.0. The topological polar surface area (TPSA) is 276 Å². The number of methoxy groups -OCH3 is 8. The number of nitrogens with zero attached hydrogens (tertiary/aromatic N) is 3. The summed E-state index contributed by atoms with van der Waals surface area (Å²) >= 11 is 0. The Labute approximate surface area is 878 Å². The minimum absolute atomic E-state index is 0.0178. The van der Waals surface area contributed by atoms with Crippen molar-refractivity contribution in [2.24, 2.45) is 178 Å². The number of Topliss-reactive ketones (excluding diaryl/α,β-unsaturated/α-hetero) is 1. The van der Waals surface area contributed by atoms with Gasteiger partial charge in [0.25, 0.3) is 0 Å². The highest BCUT2D eigenvalue weighted by atomic mass is 28.4. The van der Waals surface area contributed by atoms with E-state index in [1.807, 2.05) is 42.7 Å². The average molecular weight is 2060 g/mol. The number of aliphatic hydroxyl groups is 4. The van der Waals surface area contributed by atoms with Crippen LogP contribution in [0.2, 0.25) is 36.3 Å². The number of allylic oxidation sites excluding steroid dienone is 2. The number of hydrogen-bond donors (Lipinski definition) is 4. The first-order valence-corrected chi connectivity index (χ1v) is 64.8. The first kappa shape index (κ1) is 113. The summed E-state index contributed by atoms with van der Waals surface area (Å²) in [7, 11) is 11.2. The van der Waals surface area contributed by atoms with Crippen molar-refractivity contribution in [2.75, 3.05) is 83.3 Å². The number of ketones is 1. The highest BCUT2D eigenvalue weighted by molar-refractivity contribution is 6.74. The van der Waals surface area contributed by atoms with Gasteiger partial charge in [0.2, 0.25) is 0 Å². The molecule has 2 spiro atoms. The molecule has 20 saturated carbocycles.